The Hall–Kier alpha value is -1.23. The predicted octanol–water partition coefficient (Wildman–Crippen LogP) is 1.29. The molecule has 0 aliphatic carbocycles. The number of aromatic nitrogens is 2. The van der Waals surface area contributed by atoms with Crippen molar-refractivity contribution in [2.45, 2.75) is 26.4 Å². The predicted molar refractivity (Wildman–Crippen MR) is 58.3 cm³/mol. The molecule has 76 valence electrons. The highest BCUT2D eigenvalue weighted by atomic mass is 32.1. The summed E-state index contributed by atoms with van der Waals surface area (Å²) in [6.45, 7) is 3.99. The van der Waals surface area contributed by atoms with Gasteiger partial charge < -0.3 is 10.5 Å². The van der Waals surface area contributed by atoms with Crippen LogP contribution in [0.1, 0.15) is 25.8 Å². The minimum atomic E-state index is 0.0831. The molecule has 1 atom stereocenters. The van der Waals surface area contributed by atoms with Crippen LogP contribution in [0.25, 0.3) is 0 Å². The molecule has 0 saturated heterocycles. The van der Waals surface area contributed by atoms with Crippen LogP contribution in [-0.2, 0) is 0 Å². The topological polar surface area (TPSA) is 61.0 Å². The van der Waals surface area contributed by atoms with Crippen LogP contribution in [0.4, 0.5) is 0 Å². The molecule has 0 radical (unpaired) electrons. The molecule has 1 aromatic rings. The molecule has 0 saturated carbocycles. The Morgan fingerprint density at radius 3 is 3.00 bits per heavy atom. The second-order valence-corrected chi connectivity index (χ2v) is 3.39. The first-order valence-corrected chi connectivity index (χ1v) is 4.84. The Bertz CT molecular complexity index is 330. The van der Waals surface area contributed by atoms with Gasteiger partial charge in [0.1, 0.15) is 4.99 Å². The van der Waals surface area contributed by atoms with Crippen LogP contribution in [-0.4, -0.2) is 21.3 Å². The molecule has 1 aromatic heterocycles. The van der Waals surface area contributed by atoms with E-state index in [2.05, 4.69) is 10.2 Å². The van der Waals surface area contributed by atoms with Crippen LogP contribution >= 0.6 is 12.2 Å². The van der Waals surface area contributed by atoms with Crippen LogP contribution in [0.5, 0.6) is 5.88 Å². The lowest BCUT2D eigenvalue weighted by Gasteiger charge is -2.13. The van der Waals surface area contributed by atoms with Gasteiger partial charge in [0.2, 0.25) is 5.88 Å². The smallest absolute Gasteiger partial charge is 0.244 e. The van der Waals surface area contributed by atoms with E-state index in [1.54, 1.807) is 6.07 Å². The van der Waals surface area contributed by atoms with Gasteiger partial charge in [-0.2, -0.15) is 5.10 Å². The van der Waals surface area contributed by atoms with Gasteiger partial charge in [0.05, 0.1) is 17.9 Å². The maximum Gasteiger partial charge on any atom is 0.244 e. The number of nitrogens with two attached hydrogens (primary N) is 1. The lowest BCUT2D eigenvalue weighted by molar-refractivity contribution is 0.206. The quantitative estimate of drug-likeness (QED) is 0.760. The van der Waals surface area contributed by atoms with Gasteiger partial charge in [0, 0.05) is 0 Å². The van der Waals surface area contributed by atoms with E-state index in [4.69, 9.17) is 22.7 Å². The van der Waals surface area contributed by atoms with E-state index in [1.165, 1.54) is 6.20 Å². The van der Waals surface area contributed by atoms with Gasteiger partial charge >= 0.3 is 0 Å². The third kappa shape index (κ3) is 2.63. The Labute approximate surface area is 88.5 Å². The Kier molecular flexibility index (Phi) is 3.76. The van der Waals surface area contributed by atoms with E-state index in [-0.39, 0.29) is 11.1 Å². The molecule has 0 aliphatic heterocycles. The molecule has 5 heteroatoms. The van der Waals surface area contributed by atoms with Gasteiger partial charge in [0.25, 0.3) is 0 Å². The summed E-state index contributed by atoms with van der Waals surface area (Å²) in [6.07, 6.45) is 2.52. The van der Waals surface area contributed by atoms with Gasteiger partial charge in [-0.05, 0) is 19.4 Å². The Balaban J connectivity index is 2.90. The van der Waals surface area contributed by atoms with Crippen molar-refractivity contribution in [3.63, 3.8) is 0 Å². The van der Waals surface area contributed by atoms with Crippen molar-refractivity contribution >= 4 is 17.2 Å². The van der Waals surface area contributed by atoms with Crippen molar-refractivity contribution in [2.24, 2.45) is 5.73 Å². The first-order valence-electron chi connectivity index (χ1n) is 4.43. The third-order valence-corrected chi connectivity index (χ3v) is 2.06. The second-order valence-electron chi connectivity index (χ2n) is 2.95. The lowest BCUT2D eigenvalue weighted by Crippen LogP contribution is -2.17. The van der Waals surface area contributed by atoms with E-state index in [9.17, 15) is 0 Å². The molecule has 0 amide bonds. The minimum Gasteiger partial charge on any atom is -0.473 e. The zero-order chi connectivity index (χ0) is 10.6. The van der Waals surface area contributed by atoms with E-state index in [0.717, 1.165) is 6.42 Å². The summed E-state index contributed by atoms with van der Waals surface area (Å²) in [5.74, 6) is 0.411. The summed E-state index contributed by atoms with van der Waals surface area (Å²) in [6, 6.07) is 1.70. The largest absolute Gasteiger partial charge is 0.473 e. The van der Waals surface area contributed by atoms with Crippen molar-refractivity contribution < 1.29 is 4.74 Å². The number of rotatable bonds is 4. The molecule has 4 nitrogen and oxygen atoms in total. The summed E-state index contributed by atoms with van der Waals surface area (Å²) in [5, 5.41) is 7.57. The molecule has 0 fully saturated rings. The van der Waals surface area contributed by atoms with Gasteiger partial charge in [-0.1, -0.05) is 19.1 Å². The normalized spacial score (nSPS) is 12.1. The first kappa shape index (κ1) is 10.8. The summed E-state index contributed by atoms with van der Waals surface area (Å²) >= 11 is 4.87. The summed E-state index contributed by atoms with van der Waals surface area (Å²) < 4.78 is 5.51. The summed E-state index contributed by atoms with van der Waals surface area (Å²) in [7, 11) is 0. The maximum absolute atomic E-state index is 5.52. The number of hydrogen-bond acceptors (Lipinski definition) is 4. The molecule has 1 rings (SSSR count). The van der Waals surface area contributed by atoms with E-state index >= 15 is 0 Å². The fourth-order valence-electron chi connectivity index (χ4n) is 0.867. The minimum absolute atomic E-state index is 0.0831. The third-order valence-electron chi connectivity index (χ3n) is 1.84. The number of hydrogen-bond donors (Lipinski definition) is 1. The highest BCUT2D eigenvalue weighted by Gasteiger charge is 2.10. The standard InChI is InChI=1S/C9H13N3OS/c1-3-6(2)13-9-7(8(10)14)4-5-11-12-9/h4-6H,3H2,1-2H3,(H2,10,14). The Morgan fingerprint density at radius 2 is 2.43 bits per heavy atom. The average Bonchev–Trinajstić information content (AvgIpc) is 2.18. The fourth-order valence-corrected chi connectivity index (χ4v) is 1.02. The van der Waals surface area contributed by atoms with E-state index in [1.807, 2.05) is 13.8 Å². The van der Waals surface area contributed by atoms with Crippen LogP contribution in [0.2, 0.25) is 0 Å². The SMILES string of the molecule is CCC(C)Oc1nnccc1C(N)=S. The molecule has 1 unspecified atom stereocenters. The van der Waals surface area contributed by atoms with Crippen LogP contribution < -0.4 is 10.5 Å². The molecule has 0 bridgehead atoms. The average molecular weight is 211 g/mol. The molecular weight excluding hydrogens is 198 g/mol. The van der Waals surface area contributed by atoms with Crippen LogP contribution in [0.3, 0.4) is 0 Å². The summed E-state index contributed by atoms with van der Waals surface area (Å²) in [4.78, 5) is 0.276. The van der Waals surface area contributed by atoms with Gasteiger partial charge in [-0.15, -0.1) is 5.10 Å². The molecule has 14 heavy (non-hydrogen) atoms. The molecule has 0 spiro atoms. The molecule has 0 aromatic carbocycles. The number of nitrogens with zero attached hydrogens (tertiary/aromatic N) is 2. The van der Waals surface area contributed by atoms with Gasteiger partial charge in [-0.25, -0.2) is 0 Å². The first-order chi connectivity index (χ1) is 6.65. The number of ether oxygens (including phenoxy) is 1. The Morgan fingerprint density at radius 1 is 1.71 bits per heavy atom. The molecule has 1 heterocycles. The van der Waals surface area contributed by atoms with Gasteiger partial charge in [0.15, 0.2) is 0 Å². The molecule has 0 aliphatic rings. The fraction of sp³-hybridized carbons (Fsp3) is 0.444. The highest BCUT2D eigenvalue weighted by Crippen LogP contribution is 2.15. The van der Waals surface area contributed by atoms with Crippen molar-refractivity contribution in [3.05, 3.63) is 17.8 Å². The molecular formula is C9H13N3OS. The zero-order valence-electron chi connectivity index (χ0n) is 8.23. The van der Waals surface area contributed by atoms with Crippen molar-refractivity contribution in [1.29, 1.82) is 0 Å². The van der Waals surface area contributed by atoms with E-state index < -0.39 is 0 Å². The lowest BCUT2D eigenvalue weighted by atomic mass is 10.3. The van der Waals surface area contributed by atoms with Crippen molar-refractivity contribution in [2.75, 3.05) is 0 Å². The second kappa shape index (κ2) is 4.85. The van der Waals surface area contributed by atoms with Gasteiger partial charge in [-0.3, -0.25) is 0 Å². The van der Waals surface area contributed by atoms with Crippen LogP contribution in [0, 0.1) is 0 Å². The molecule has 2 N–H and O–H groups in total. The number of thiocarbonyl (C=S) groups is 1. The van der Waals surface area contributed by atoms with Crippen LogP contribution in [0.15, 0.2) is 12.3 Å². The maximum atomic E-state index is 5.52. The highest BCUT2D eigenvalue weighted by molar-refractivity contribution is 7.80. The van der Waals surface area contributed by atoms with Crippen molar-refractivity contribution in [1.82, 2.24) is 10.2 Å². The van der Waals surface area contributed by atoms with Crippen molar-refractivity contribution in [3.8, 4) is 5.88 Å². The van der Waals surface area contributed by atoms with E-state index in [0.29, 0.717) is 11.4 Å². The summed E-state index contributed by atoms with van der Waals surface area (Å²) in [5.41, 5.74) is 6.15. The zero-order valence-corrected chi connectivity index (χ0v) is 9.04. The monoisotopic (exact) mass is 211 g/mol.